The Labute approximate surface area is 83.9 Å². The van der Waals surface area contributed by atoms with Gasteiger partial charge < -0.3 is 10.1 Å². The van der Waals surface area contributed by atoms with Crippen LogP contribution in [0.2, 0.25) is 0 Å². The van der Waals surface area contributed by atoms with Crippen LogP contribution in [0.5, 0.6) is 0 Å². The molecule has 0 saturated heterocycles. The van der Waals surface area contributed by atoms with Crippen molar-refractivity contribution in [2.45, 2.75) is 5.16 Å². The molecule has 5 nitrogen and oxygen atoms in total. The van der Waals surface area contributed by atoms with Gasteiger partial charge in [-0.05, 0) is 0 Å². The molecule has 0 bridgehead atoms. The number of carbonyl (C=O) groups is 1. The van der Waals surface area contributed by atoms with Gasteiger partial charge in [0.2, 0.25) is 0 Å². The van der Waals surface area contributed by atoms with Crippen molar-refractivity contribution in [1.29, 1.82) is 0 Å². The molecule has 2 N–H and O–H groups in total. The monoisotopic (exact) mass is 212 g/mol. The molecule has 0 aliphatic rings. The molecule has 1 aromatic rings. The van der Waals surface area contributed by atoms with Crippen LogP contribution in [-0.2, 0) is 4.79 Å². The van der Waals surface area contributed by atoms with E-state index in [1.807, 2.05) is 0 Å². The minimum Gasteiger partial charge on any atom is -0.478 e. The maximum atomic E-state index is 10.8. The number of carboxylic acid groups (broad SMARTS) is 1. The number of rotatable bonds is 4. The van der Waals surface area contributed by atoms with Crippen molar-refractivity contribution in [3.8, 4) is 0 Å². The summed E-state index contributed by atoms with van der Waals surface area (Å²) in [7, 11) is 0. The molecule has 0 spiro atoms. The van der Waals surface area contributed by atoms with Gasteiger partial charge in [-0.25, -0.2) is 9.78 Å². The summed E-state index contributed by atoms with van der Waals surface area (Å²) in [6, 6.07) is 1.29. The molecule has 0 saturated carbocycles. The maximum absolute atomic E-state index is 10.8. The second-order valence-electron chi connectivity index (χ2n) is 2.44. The summed E-state index contributed by atoms with van der Waals surface area (Å²) in [6.45, 7) is 3.35. The Kier molecular flexibility index (Phi) is 3.47. The van der Waals surface area contributed by atoms with Gasteiger partial charge in [0.1, 0.15) is 0 Å². The highest BCUT2D eigenvalue weighted by molar-refractivity contribution is 7.99. The third-order valence-electron chi connectivity index (χ3n) is 1.33. The number of carboxylic acids is 1. The van der Waals surface area contributed by atoms with E-state index >= 15 is 0 Å². The van der Waals surface area contributed by atoms with Crippen LogP contribution in [0.4, 0.5) is 0 Å². The standard InChI is InChI=1S/C8H8N2O3S/c1-5(7(12)13)4-14-8-9-3-2-6(11)10-8/h2-3H,1,4H2,(H,12,13)(H,9,10,11). The summed E-state index contributed by atoms with van der Waals surface area (Å²) >= 11 is 1.12. The quantitative estimate of drug-likeness (QED) is 0.431. The lowest BCUT2D eigenvalue weighted by Gasteiger charge is -1.98. The van der Waals surface area contributed by atoms with Gasteiger partial charge in [-0.1, -0.05) is 18.3 Å². The molecular formula is C8H8N2O3S. The number of aromatic nitrogens is 2. The molecule has 74 valence electrons. The Morgan fingerprint density at radius 2 is 2.43 bits per heavy atom. The van der Waals surface area contributed by atoms with Crippen molar-refractivity contribution in [3.05, 3.63) is 34.8 Å². The first kappa shape index (κ1) is 10.5. The zero-order valence-electron chi connectivity index (χ0n) is 7.19. The maximum Gasteiger partial charge on any atom is 0.331 e. The summed E-state index contributed by atoms with van der Waals surface area (Å²) in [4.78, 5) is 27.5. The van der Waals surface area contributed by atoms with Gasteiger partial charge in [0.15, 0.2) is 5.16 Å². The van der Waals surface area contributed by atoms with E-state index in [1.54, 1.807) is 0 Å². The average molecular weight is 212 g/mol. The van der Waals surface area contributed by atoms with Crippen LogP contribution in [0.1, 0.15) is 0 Å². The molecule has 1 rings (SSSR count). The first-order valence-electron chi connectivity index (χ1n) is 3.69. The lowest BCUT2D eigenvalue weighted by molar-refractivity contribution is -0.132. The van der Waals surface area contributed by atoms with Crippen LogP contribution in [0.3, 0.4) is 0 Å². The fourth-order valence-electron chi connectivity index (χ4n) is 0.643. The van der Waals surface area contributed by atoms with Crippen LogP contribution < -0.4 is 5.56 Å². The third kappa shape index (κ3) is 3.06. The number of aromatic amines is 1. The number of H-pyrrole nitrogens is 1. The summed E-state index contributed by atoms with van der Waals surface area (Å²) in [6.07, 6.45) is 1.37. The molecule has 0 aromatic carbocycles. The SMILES string of the molecule is C=C(CSc1nccc(=O)[nH]1)C(=O)O. The molecule has 0 radical (unpaired) electrons. The summed E-state index contributed by atoms with van der Waals surface area (Å²) in [5.74, 6) is -0.849. The van der Waals surface area contributed by atoms with Crippen molar-refractivity contribution in [3.63, 3.8) is 0 Å². The van der Waals surface area contributed by atoms with Crippen LogP contribution in [0, 0.1) is 0 Å². The van der Waals surface area contributed by atoms with Crippen molar-refractivity contribution in [1.82, 2.24) is 9.97 Å². The summed E-state index contributed by atoms with van der Waals surface area (Å²) < 4.78 is 0. The number of hydrogen-bond acceptors (Lipinski definition) is 4. The fourth-order valence-corrected chi connectivity index (χ4v) is 1.39. The molecule has 6 heteroatoms. The van der Waals surface area contributed by atoms with Gasteiger partial charge in [0.25, 0.3) is 5.56 Å². The zero-order valence-corrected chi connectivity index (χ0v) is 8.00. The van der Waals surface area contributed by atoms with Gasteiger partial charge in [-0.2, -0.15) is 0 Å². The van der Waals surface area contributed by atoms with Gasteiger partial charge in [-0.3, -0.25) is 4.79 Å². The Hall–Kier alpha value is -1.56. The zero-order chi connectivity index (χ0) is 10.6. The van der Waals surface area contributed by atoms with Crippen molar-refractivity contribution >= 4 is 17.7 Å². The lowest BCUT2D eigenvalue weighted by atomic mass is 10.4. The largest absolute Gasteiger partial charge is 0.478 e. The van der Waals surface area contributed by atoms with E-state index in [4.69, 9.17) is 5.11 Å². The Morgan fingerprint density at radius 1 is 1.71 bits per heavy atom. The van der Waals surface area contributed by atoms with E-state index in [0.29, 0.717) is 5.16 Å². The molecule has 0 unspecified atom stereocenters. The molecular weight excluding hydrogens is 204 g/mol. The van der Waals surface area contributed by atoms with Gasteiger partial charge >= 0.3 is 5.97 Å². The van der Waals surface area contributed by atoms with E-state index in [1.165, 1.54) is 12.3 Å². The number of nitrogens with one attached hydrogen (secondary N) is 1. The highest BCUT2D eigenvalue weighted by atomic mass is 32.2. The summed E-state index contributed by atoms with van der Waals surface area (Å²) in [5, 5.41) is 8.90. The number of nitrogens with zero attached hydrogens (tertiary/aromatic N) is 1. The van der Waals surface area contributed by atoms with Crippen molar-refractivity contribution in [2.75, 3.05) is 5.75 Å². The fraction of sp³-hybridized carbons (Fsp3) is 0.125. The van der Waals surface area contributed by atoms with Gasteiger partial charge in [-0.15, -0.1) is 0 Å². The van der Waals surface area contributed by atoms with Crippen LogP contribution >= 0.6 is 11.8 Å². The normalized spacial score (nSPS) is 9.71. The van der Waals surface area contributed by atoms with E-state index in [0.717, 1.165) is 11.8 Å². The highest BCUT2D eigenvalue weighted by Crippen LogP contribution is 2.13. The van der Waals surface area contributed by atoms with Crippen LogP contribution in [-0.4, -0.2) is 26.8 Å². The van der Waals surface area contributed by atoms with Crippen molar-refractivity contribution < 1.29 is 9.90 Å². The molecule has 0 fully saturated rings. The van der Waals surface area contributed by atoms with Crippen molar-refractivity contribution in [2.24, 2.45) is 0 Å². The first-order valence-corrected chi connectivity index (χ1v) is 4.67. The predicted octanol–water partition coefficient (Wildman–Crippen LogP) is 0.503. The molecule has 1 aromatic heterocycles. The van der Waals surface area contributed by atoms with E-state index in [-0.39, 0.29) is 16.9 Å². The van der Waals surface area contributed by atoms with Crippen LogP contribution in [0.15, 0.2) is 34.4 Å². The van der Waals surface area contributed by atoms with E-state index in [9.17, 15) is 9.59 Å². The minimum absolute atomic E-state index is 0.0708. The van der Waals surface area contributed by atoms with E-state index < -0.39 is 5.97 Å². The number of hydrogen-bond donors (Lipinski definition) is 2. The molecule has 0 aliphatic carbocycles. The van der Waals surface area contributed by atoms with Gasteiger partial charge in [0, 0.05) is 23.6 Å². The smallest absolute Gasteiger partial charge is 0.331 e. The number of aliphatic carboxylic acids is 1. The Morgan fingerprint density at radius 3 is 3.00 bits per heavy atom. The van der Waals surface area contributed by atoms with Gasteiger partial charge in [0.05, 0.1) is 0 Å². The topological polar surface area (TPSA) is 83.0 Å². The molecule has 14 heavy (non-hydrogen) atoms. The molecule has 0 aliphatic heterocycles. The second-order valence-corrected chi connectivity index (χ2v) is 3.40. The van der Waals surface area contributed by atoms with E-state index in [2.05, 4.69) is 16.5 Å². The second kappa shape index (κ2) is 4.61. The number of thioether (sulfide) groups is 1. The minimum atomic E-state index is -1.05. The lowest BCUT2D eigenvalue weighted by Crippen LogP contribution is -2.07. The molecule has 1 heterocycles. The first-order chi connectivity index (χ1) is 6.59. The predicted molar refractivity (Wildman–Crippen MR) is 52.4 cm³/mol. The Bertz CT molecular complexity index is 413. The van der Waals surface area contributed by atoms with Crippen LogP contribution in [0.25, 0.3) is 0 Å². The molecule has 0 amide bonds. The Balaban J connectivity index is 2.58. The summed E-state index contributed by atoms with van der Waals surface area (Å²) in [5.41, 5.74) is -0.190. The highest BCUT2D eigenvalue weighted by Gasteiger charge is 2.05. The molecule has 0 atom stereocenters. The average Bonchev–Trinajstić information content (AvgIpc) is 2.14. The third-order valence-corrected chi connectivity index (χ3v) is 2.31.